The second kappa shape index (κ2) is 5.27. The Kier molecular flexibility index (Phi) is 4.02. The Labute approximate surface area is 92.3 Å². The minimum Gasteiger partial charge on any atom is -0.545 e. The summed E-state index contributed by atoms with van der Waals surface area (Å²) in [5.41, 5.74) is -0.503. The minimum absolute atomic E-state index is 0.0287. The highest BCUT2D eigenvalue weighted by molar-refractivity contribution is 6.01. The van der Waals surface area contributed by atoms with E-state index in [0.717, 1.165) is 6.07 Å². The van der Waals surface area contributed by atoms with Crippen LogP contribution in [0.1, 0.15) is 33.2 Å². The van der Waals surface area contributed by atoms with Gasteiger partial charge in [0.25, 0.3) is 0 Å². The van der Waals surface area contributed by atoms with Gasteiger partial charge in [-0.25, -0.2) is 0 Å². The van der Waals surface area contributed by atoms with Gasteiger partial charge in [-0.2, -0.15) is 0 Å². The lowest BCUT2D eigenvalue weighted by Gasteiger charge is -2.15. The number of rotatable bonds is 5. The Morgan fingerprint density at radius 1 is 1.25 bits per heavy atom. The number of hydrogen-bond donors (Lipinski definition) is 0. The molecule has 0 N–H and O–H groups in total. The summed E-state index contributed by atoms with van der Waals surface area (Å²) in [6, 6.07) is 4.08. The third-order valence-electron chi connectivity index (χ3n) is 2.04. The van der Waals surface area contributed by atoms with Gasteiger partial charge in [0.2, 0.25) is 0 Å². The topological polar surface area (TPSA) is 89.5 Å². The first-order chi connectivity index (χ1) is 7.57. The molecule has 1 rings (SSSR count). The lowest BCUT2D eigenvalue weighted by atomic mass is 10.0. The molecule has 0 radical (unpaired) electrons. The molecule has 0 unspecified atom stereocenters. The van der Waals surface area contributed by atoms with E-state index in [0.29, 0.717) is 6.61 Å². The predicted octanol–water partition coefficient (Wildman–Crippen LogP) is -1.05. The fourth-order valence-corrected chi connectivity index (χ4v) is 1.34. The number of carboxylic acid groups (broad SMARTS) is 2. The number of carbonyl (C=O) groups excluding carboxylic acids is 2. The van der Waals surface area contributed by atoms with Crippen molar-refractivity contribution in [2.45, 2.75) is 13.5 Å². The van der Waals surface area contributed by atoms with Crippen LogP contribution in [0.25, 0.3) is 0 Å². The molecule has 0 spiro atoms. The van der Waals surface area contributed by atoms with Crippen LogP contribution in [0.4, 0.5) is 0 Å². The number of hydrogen-bond acceptors (Lipinski definition) is 5. The third kappa shape index (κ3) is 2.58. The van der Waals surface area contributed by atoms with Crippen molar-refractivity contribution < 1.29 is 24.5 Å². The molecule has 5 heteroatoms. The van der Waals surface area contributed by atoms with Gasteiger partial charge in [-0.1, -0.05) is 18.2 Å². The van der Waals surface area contributed by atoms with Gasteiger partial charge in [0.15, 0.2) is 0 Å². The maximum absolute atomic E-state index is 10.9. The summed E-state index contributed by atoms with van der Waals surface area (Å²) in [5.74, 6) is -3.09. The largest absolute Gasteiger partial charge is 0.545 e. The maximum atomic E-state index is 10.9. The Balaban J connectivity index is 3.21. The van der Waals surface area contributed by atoms with Gasteiger partial charge < -0.3 is 24.5 Å². The smallest absolute Gasteiger partial charge is 0.0725 e. The van der Waals surface area contributed by atoms with Crippen LogP contribution >= 0.6 is 0 Å². The molecular formula is C11H10O5-2. The highest BCUT2D eigenvalue weighted by atomic mass is 16.5. The summed E-state index contributed by atoms with van der Waals surface area (Å²) in [7, 11) is 0. The molecule has 0 atom stereocenters. The summed E-state index contributed by atoms with van der Waals surface area (Å²) in [6.07, 6.45) is 0. The molecule has 0 aliphatic rings. The fraction of sp³-hybridized carbons (Fsp3) is 0.273. The van der Waals surface area contributed by atoms with Gasteiger partial charge >= 0.3 is 0 Å². The van der Waals surface area contributed by atoms with Gasteiger partial charge in [0.05, 0.1) is 18.5 Å². The fourth-order valence-electron chi connectivity index (χ4n) is 1.34. The van der Waals surface area contributed by atoms with Gasteiger partial charge in [0, 0.05) is 17.7 Å². The van der Waals surface area contributed by atoms with Crippen molar-refractivity contribution in [3.63, 3.8) is 0 Å². The lowest BCUT2D eigenvalue weighted by molar-refractivity contribution is -0.259. The van der Waals surface area contributed by atoms with E-state index in [-0.39, 0.29) is 17.7 Å². The van der Waals surface area contributed by atoms with Crippen molar-refractivity contribution in [1.29, 1.82) is 0 Å². The van der Waals surface area contributed by atoms with Crippen LogP contribution in [0.15, 0.2) is 18.2 Å². The highest BCUT2D eigenvalue weighted by Gasteiger charge is 2.10. The molecule has 0 aliphatic carbocycles. The first kappa shape index (κ1) is 12.2. The molecule has 16 heavy (non-hydrogen) atoms. The summed E-state index contributed by atoms with van der Waals surface area (Å²) in [4.78, 5) is 21.6. The number of carboxylic acids is 2. The second-order valence-electron chi connectivity index (χ2n) is 3.05. The normalized spacial score (nSPS) is 10.1. The monoisotopic (exact) mass is 222 g/mol. The summed E-state index contributed by atoms with van der Waals surface area (Å²) >= 11 is 0. The van der Waals surface area contributed by atoms with E-state index in [2.05, 4.69) is 0 Å². The predicted molar refractivity (Wildman–Crippen MR) is 50.4 cm³/mol. The molecule has 0 heterocycles. The molecule has 0 saturated carbocycles. The SMILES string of the molecule is CCOCc1cccc(C(=O)[O-])c1C(=O)[O-]. The van der Waals surface area contributed by atoms with Gasteiger partial charge in [0.1, 0.15) is 0 Å². The average molecular weight is 222 g/mol. The molecule has 0 bridgehead atoms. The Morgan fingerprint density at radius 3 is 2.44 bits per heavy atom. The van der Waals surface area contributed by atoms with Crippen molar-refractivity contribution >= 4 is 11.9 Å². The van der Waals surface area contributed by atoms with Crippen LogP contribution in [-0.4, -0.2) is 18.5 Å². The number of ether oxygens (including phenoxy) is 1. The van der Waals surface area contributed by atoms with Crippen LogP contribution in [0.5, 0.6) is 0 Å². The van der Waals surface area contributed by atoms with E-state index < -0.39 is 17.5 Å². The molecule has 1 aromatic carbocycles. The molecule has 0 saturated heterocycles. The molecule has 0 aromatic heterocycles. The average Bonchev–Trinajstić information content (AvgIpc) is 2.25. The number of benzene rings is 1. The summed E-state index contributed by atoms with van der Waals surface area (Å²) in [6.45, 7) is 2.18. The highest BCUT2D eigenvalue weighted by Crippen LogP contribution is 2.15. The Bertz CT molecular complexity index is 411. The quantitative estimate of drug-likeness (QED) is 0.634. The van der Waals surface area contributed by atoms with E-state index in [1.807, 2.05) is 0 Å². The molecular weight excluding hydrogens is 212 g/mol. The Morgan fingerprint density at radius 2 is 1.94 bits per heavy atom. The molecule has 0 aliphatic heterocycles. The zero-order chi connectivity index (χ0) is 12.1. The third-order valence-corrected chi connectivity index (χ3v) is 2.04. The van der Waals surface area contributed by atoms with E-state index in [4.69, 9.17) is 4.74 Å². The van der Waals surface area contributed by atoms with Crippen LogP contribution in [0.2, 0.25) is 0 Å². The first-order valence-corrected chi connectivity index (χ1v) is 4.70. The summed E-state index contributed by atoms with van der Waals surface area (Å²) < 4.78 is 5.04. The van der Waals surface area contributed by atoms with Crippen molar-refractivity contribution in [1.82, 2.24) is 0 Å². The van der Waals surface area contributed by atoms with Crippen molar-refractivity contribution in [2.75, 3.05) is 6.61 Å². The second-order valence-corrected chi connectivity index (χ2v) is 3.05. The van der Waals surface area contributed by atoms with Gasteiger partial charge in [-0.15, -0.1) is 0 Å². The standard InChI is InChI=1S/C11H12O5/c1-2-16-6-7-4-3-5-8(10(12)13)9(7)11(14)15/h3-5H,2,6H2,1H3,(H,12,13)(H,14,15)/p-2. The molecule has 0 amide bonds. The van der Waals surface area contributed by atoms with Crippen LogP contribution in [-0.2, 0) is 11.3 Å². The Hall–Kier alpha value is -1.88. The van der Waals surface area contributed by atoms with Crippen molar-refractivity contribution in [3.05, 3.63) is 34.9 Å². The zero-order valence-corrected chi connectivity index (χ0v) is 8.69. The van der Waals surface area contributed by atoms with Gasteiger partial charge in [-0.3, -0.25) is 0 Å². The zero-order valence-electron chi connectivity index (χ0n) is 8.69. The molecule has 86 valence electrons. The van der Waals surface area contributed by atoms with Crippen molar-refractivity contribution in [2.24, 2.45) is 0 Å². The van der Waals surface area contributed by atoms with Gasteiger partial charge in [-0.05, 0) is 12.5 Å². The van der Waals surface area contributed by atoms with Crippen LogP contribution in [0.3, 0.4) is 0 Å². The van der Waals surface area contributed by atoms with E-state index in [1.54, 1.807) is 6.92 Å². The van der Waals surface area contributed by atoms with E-state index in [9.17, 15) is 19.8 Å². The maximum Gasteiger partial charge on any atom is 0.0725 e. The number of aromatic carboxylic acids is 2. The van der Waals surface area contributed by atoms with E-state index in [1.165, 1.54) is 12.1 Å². The molecule has 5 nitrogen and oxygen atoms in total. The molecule has 0 fully saturated rings. The van der Waals surface area contributed by atoms with Crippen molar-refractivity contribution in [3.8, 4) is 0 Å². The van der Waals surface area contributed by atoms with E-state index >= 15 is 0 Å². The molecule has 1 aromatic rings. The van der Waals surface area contributed by atoms with Crippen LogP contribution in [0, 0.1) is 0 Å². The summed E-state index contributed by atoms with van der Waals surface area (Å²) in [5, 5.41) is 21.6. The number of carbonyl (C=O) groups is 2. The van der Waals surface area contributed by atoms with Crippen LogP contribution < -0.4 is 10.2 Å². The minimum atomic E-state index is -1.55. The lowest BCUT2D eigenvalue weighted by Crippen LogP contribution is -2.31. The first-order valence-electron chi connectivity index (χ1n) is 4.70.